The summed E-state index contributed by atoms with van der Waals surface area (Å²) in [4.78, 5) is 25.9. The van der Waals surface area contributed by atoms with Gasteiger partial charge in [-0.2, -0.15) is 23.5 Å². The van der Waals surface area contributed by atoms with Gasteiger partial charge in [0.15, 0.2) is 15.5 Å². The maximum Gasteiger partial charge on any atom is 0.490 e. The van der Waals surface area contributed by atoms with E-state index in [9.17, 15) is 30.8 Å². The molecule has 3 heterocycles. The number of hydrogen-bond acceptors (Lipinski definition) is 8. The third kappa shape index (κ3) is 7.71. The van der Waals surface area contributed by atoms with Crippen LogP contribution in [0.2, 0.25) is 0 Å². The van der Waals surface area contributed by atoms with Gasteiger partial charge in [0, 0.05) is 43.5 Å². The topological polar surface area (TPSA) is 163 Å². The molecule has 44 heavy (non-hydrogen) atoms. The van der Waals surface area contributed by atoms with Gasteiger partial charge in [0.1, 0.15) is 11.9 Å². The number of nitrogens with two attached hydrogens (primary N) is 1. The number of rotatable bonds is 4. The number of piperidine rings is 1. The predicted molar refractivity (Wildman–Crippen MR) is 151 cm³/mol. The fourth-order valence-electron chi connectivity index (χ4n) is 4.78. The van der Waals surface area contributed by atoms with Crippen LogP contribution in [0.5, 0.6) is 0 Å². The monoisotopic (exact) mass is 636 g/mol. The van der Waals surface area contributed by atoms with Crippen molar-refractivity contribution >= 4 is 27.4 Å². The molecule has 0 aliphatic carbocycles. The van der Waals surface area contributed by atoms with Crippen LogP contribution in [-0.2, 0) is 14.6 Å². The number of anilines is 1. The third-order valence-corrected chi connectivity index (χ3v) is 8.71. The average molecular weight is 637 g/mol. The number of nitriles is 1. The van der Waals surface area contributed by atoms with Gasteiger partial charge in [0.2, 0.25) is 0 Å². The summed E-state index contributed by atoms with van der Waals surface area (Å²) in [6.07, 6.45) is -3.40. The summed E-state index contributed by atoms with van der Waals surface area (Å²) in [6.45, 7) is 1.90. The zero-order valence-corrected chi connectivity index (χ0v) is 24.0. The number of carbonyl (C=O) groups is 2. The SMILES string of the molecule is N#Cc1ccc(-c2cc(C(=O)N3CCC[C@@H](N)C3)nn2-c2ccc(N3CCS(=O)(=O)CC3)cc2)cc1F.O=C(O)C(F)(F)F. The Hall–Kier alpha value is -4.49. The van der Waals surface area contributed by atoms with Crippen LogP contribution in [0.4, 0.5) is 23.2 Å². The lowest BCUT2D eigenvalue weighted by molar-refractivity contribution is -0.192. The Morgan fingerprint density at radius 1 is 1.02 bits per heavy atom. The quantitative estimate of drug-likeness (QED) is 0.410. The second-order valence-corrected chi connectivity index (χ2v) is 12.5. The minimum absolute atomic E-state index is 0.0682. The van der Waals surface area contributed by atoms with Crippen molar-refractivity contribution in [3.63, 3.8) is 0 Å². The van der Waals surface area contributed by atoms with E-state index >= 15 is 0 Å². The molecular formula is C28H28F4N6O5S. The number of carboxylic acid groups (broad SMARTS) is 1. The van der Waals surface area contributed by atoms with Gasteiger partial charge in [-0.05, 0) is 55.3 Å². The van der Waals surface area contributed by atoms with Crippen LogP contribution in [0.25, 0.3) is 16.9 Å². The Bertz CT molecular complexity index is 1670. The number of amides is 1. The van der Waals surface area contributed by atoms with Crippen LogP contribution in [0.1, 0.15) is 28.9 Å². The van der Waals surface area contributed by atoms with Gasteiger partial charge in [-0.1, -0.05) is 6.07 Å². The minimum Gasteiger partial charge on any atom is -0.475 e. The average Bonchev–Trinajstić information content (AvgIpc) is 3.42. The van der Waals surface area contributed by atoms with E-state index in [-0.39, 0.29) is 34.7 Å². The van der Waals surface area contributed by atoms with Crippen molar-refractivity contribution in [2.24, 2.45) is 5.73 Å². The maximum atomic E-state index is 14.5. The van der Waals surface area contributed by atoms with Crippen molar-refractivity contribution in [3.05, 3.63) is 65.6 Å². The number of benzene rings is 2. The fourth-order valence-corrected chi connectivity index (χ4v) is 5.99. The lowest BCUT2D eigenvalue weighted by Gasteiger charge is -2.30. The molecule has 0 unspecified atom stereocenters. The summed E-state index contributed by atoms with van der Waals surface area (Å²) >= 11 is 0. The summed E-state index contributed by atoms with van der Waals surface area (Å²) in [5.41, 5.74) is 8.74. The molecule has 5 rings (SSSR count). The molecule has 1 amide bonds. The van der Waals surface area contributed by atoms with E-state index in [1.165, 1.54) is 12.1 Å². The number of aromatic nitrogens is 2. The number of alkyl halides is 3. The van der Waals surface area contributed by atoms with Crippen LogP contribution >= 0.6 is 0 Å². The Morgan fingerprint density at radius 2 is 1.64 bits per heavy atom. The summed E-state index contributed by atoms with van der Waals surface area (Å²) in [6, 6.07) is 15.1. The molecule has 0 saturated carbocycles. The summed E-state index contributed by atoms with van der Waals surface area (Å²) in [5.74, 6) is -3.41. The molecule has 0 spiro atoms. The highest BCUT2D eigenvalue weighted by atomic mass is 32.2. The molecule has 2 aliphatic heterocycles. The van der Waals surface area contributed by atoms with Gasteiger partial charge < -0.3 is 20.6 Å². The summed E-state index contributed by atoms with van der Waals surface area (Å²) in [5, 5.41) is 20.8. The van der Waals surface area contributed by atoms with Gasteiger partial charge in [0.25, 0.3) is 5.91 Å². The Kier molecular flexibility index (Phi) is 9.59. The molecule has 3 N–H and O–H groups in total. The lowest BCUT2D eigenvalue weighted by atomic mass is 10.1. The summed E-state index contributed by atoms with van der Waals surface area (Å²) < 4.78 is 71.4. The highest BCUT2D eigenvalue weighted by Gasteiger charge is 2.38. The minimum atomic E-state index is -5.08. The van der Waals surface area contributed by atoms with Crippen molar-refractivity contribution < 1.29 is 40.7 Å². The maximum absolute atomic E-state index is 14.5. The lowest BCUT2D eigenvalue weighted by Crippen LogP contribution is -2.45. The van der Waals surface area contributed by atoms with Crippen LogP contribution < -0.4 is 10.6 Å². The predicted octanol–water partition coefficient (Wildman–Crippen LogP) is 2.98. The third-order valence-electron chi connectivity index (χ3n) is 7.11. The van der Waals surface area contributed by atoms with Gasteiger partial charge in [-0.25, -0.2) is 22.3 Å². The van der Waals surface area contributed by atoms with Crippen LogP contribution in [0.3, 0.4) is 0 Å². The molecule has 1 aromatic heterocycles. The van der Waals surface area contributed by atoms with E-state index in [1.54, 1.807) is 21.7 Å². The number of likely N-dealkylation sites (tertiary alicyclic amines) is 1. The normalized spacial score (nSPS) is 18.1. The van der Waals surface area contributed by atoms with Crippen molar-refractivity contribution in [1.29, 1.82) is 5.26 Å². The molecule has 1 atom stereocenters. The Morgan fingerprint density at radius 3 is 2.18 bits per heavy atom. The van der Waals surface area contributed by atoms with Gasteiger partial charge in [-0.15, -0.1) is 0 Å². The molecule has 11 nitrogen and oxygen atoms in total. The smallest absolute Gasteiger partial charge is 0.475 e. The van der Waals surface area contributed by atoms with Crippen LogP contribution in [0, 0.1) is 17.1 Å². The van der Waals surface area contributed by atoms with E-state index in [0.29, 0.717) is 43.1 Å². The number of aliphatic carboxylic acids is 1. The van der Waals surface area contributed by atoms with E-state index in [2.05, 4.69) is 5.10 Å². The molecule has 16 heteroatoms. The summed E-state index contributed by atoms with van der Waals surface area (Å²) in [7, 11) is -2.99. The molecule has 2 saturated heterocycles. The van der Waals surface area contributed by atoms with E-state index in [0.717, 1.165) is 18.5 Å². The fraction of sp³-hybridized carbons (Fsp3) is 0.357. The number of hydrogen-bond donors (Lipinski definition) is 2. The standard InChI is InChI=1S/C26H27FN6O3S.C2HF3O2/c27-23-14-18(3-4-19(23)16-28)25-15-24(26(34)32-9-1-2-20(29)17-32)30-33(25)22-7-5-21(6-8-22)31-10-12-37(35,36)13-11-31;3-2(4,5)1(6)7/h3-8,14-15,20H,1-2,9-13,17,29H2;(H,6,7)/t20-;/m1./s1. The first-order valence-electron chi connectivity index (χ1n) is 13.4. The number of halogens is 4. The molecule has 234 valence electrons. The number of nitrogens with zero attached hydrogens (tertiary/aromatic N) is 5. The van der Waals surface area contributed by atoms with Crippen molar-refractivity contribution in [3.8, 4) is 23.0 Å². The van der Waals surface area contributed by atoms with Crippen molar-refractivity contribution in [1.82, 2.24) is 14.7 Å². The van der Waals surface area contributed by atoms with E-state index < -0.39 is 27.8 Å². The molecule has 0 bridgehead atoms. The van der Waals surface area contributed by atoms with E-state index in [4.69, 9.17) is 20.9 Å². The number of carbonyl (C=O) groups excluding carboxylic acids is 1. The molecule has 2 fully saturated rings. The highest BCUT2D eigenvalue weighted by molar-refractivity contribution is 7.91. The number of carboxylic acids is 1. The second kappa shape index (κ2) is 13.0. The Balaban J connectivity index is 0.000000566. The largest absolute Gasteiger partial charge is 0.490 e. The molecule has 2 aliphatic rings. The Labute approximate surface area is 250 Å². The van der Waals surface area contributed by atoms with Gasteiger partial charge >= 0.3 is 12.1 Å². The van der Waals surface area contributed by atoms with Gasteiger partial charge in [0.05, 0.1) is 28.5 Å². The number of sulfone groups is 1. The zero-order chi connectivity index (χ0) is 32.2. The second-order valence-electron chi connectivity index (χ2n) is 10.2. The molecule has 3 aromatic rings. The van der Waals surface area contributed by atoms with Crippen LogP contribution in [0.15, 0.2) is 48.5 Å². The molecule has 0 radical (unpaired) electrons. The van der Waals surface area contributed by atoms with Crippen LogP contribution in [-0.4, -0.2) is 90.0 Å². The first-order valence-corrected chi connectivity index (χ1v) is 15.2. The van der Waals surface area contributed by atoms with Crippen molar-refractivity contribution in [2.75, 3.05) is 42.6 Å². The molecular weight excluding hydrogens is 608 g/mol. The molecule has 2 aromatic carbocycles. The van der Waals surface area contributed by atoms with E-state index in [1.807, 2.05) is 35.2 Å². The first-order chi connectivity index (χ1) is 20.7. The first kappa shape index (κ1) is 32.4. The highest BCUT2D eigenvalue weighted by Crippen LogP contribution is 2.28. The van der Waals surface area contributed by atoms with Crippen molar-refractivity contribution in [2.45, 2.75) is 25.1 Å². The van der Waals surface area contributed by atoms with Gasteiger partial charge in [-0.3, -0.25) is 4.79 Å². The zero-order valence-electron chi connectivity index (χ0n) is 23.2.